The molecule has 1 fully saturated rings. The van der Waals surface area contributed by atoms with Crippen LogP contribution in [0.3, 0.4) is 0 Å². The van der Waals surface area contributed by atoms with E-state index >= 15 is 0 Å². The molecule has 0 N–H and O–H groups in total. The Balaban J connectivity index is 2.22. The van der Waals surface area contributed by atoms with Gasteiger partial charge in [0.1, 0.15) is 5.54 Å². The van der Waals surface area contributed by atoms with Crippen LogP contribution in [0.1, 0.15) is 31.7 Å². The van der Waals surface area contributed by atoms with Gasteiger partial charge in [0.25, 0.3) is 0 Å². The quantitative estimate of drug-likeness (QED) is 0.780. The summed E-state index contributed by atoms with van der Waals surface area (Å²) in [5.74, 6) is 0.0872. The van der Waals surface area contributed by atoms with Crippen molar-refractivity contribution in [3.63, 3.8) is 0 Å². The Kier molecular flexibility index (Phi) is 3.14. The number of carbonyl (C=O) groups is 1. The molecular formula is C14H16N2O. The smallest absolute Gasteiger partial charge is 0.224 e. The van der Waals surface area contributed by atoms with E-state index in [2.05, 4.69) is 6.07 Å². The van der Waals surface area contributed by atoms with Gasteiger partial charge in [0.15, 0.2) is 0 Å². The van der Waals surface area contributed by atoms with Gasteiger partial charge in [-0.1, -0.05) is 30.3 Å². The van der Waals surface area contributed by atoms with Crippen molar-refractivity contribution in [2.45, 2.75) is 38.3 Å². The Bertz CT molecular complexity index is 449. The number of hydrogen-bond donors (Lipinski definition) is 0. The molecule has 1 unspecified atom stereocenters. The highest BCUT2D eigenvalue weighted by Gasteiger charge is 2.38. The fourth-order valence-electron chi connectivity index (χ4n) is 2.27. The van der Waals surface area contributed by atoms with Gasteiger partial charge in [-0.05, 0) is 25.3 Å². The fourth-order valence-corrected chi connectivity index (χ4v) is 2.27. The maximum Gasteiger partial charge on any atom is 0.224 e. The molecule has 0 radical (unpaired) electrons. The van der Waals surface area contributed by atoms with Gasteiger partial charge in [0, 0.05) is 13.0 Å². The van der Waals surface area contributed by atoms with Crippen molar-refractivity contribution in [2.24, 2.45) is 0 Å². The van der Waals surface area contributed by atoms with Crippen LogP contribution in [0, 0.1) is 11.3 Å². The number of amides is 1. The van der Waals surface area contributed by atoms with E-state index in [1.807, 2.05) is 37.3 Å². The van der Waals surface area contributed by atoms with E-state index in [1.54, 1.807) is 4.90 Å². The highest BCUT2D eigenvalue weighted by Crippen LogP contribution is 2.29. The maximum absolute atomic E-state index is 11.9. The normalized spacial score (nSPS) is 24.5. The zero-order valence-electron chi connectivity index (χ0n) is 10.0. The number of carbonyl (C=O) groups excluding carboxylic acids is 1. The first-order chi connectivity index (χ1) is 8.15. The molecule has 1 saturated heterocycles. The standard InChI is InChI=1S/C14H16N2O/c1-14(11-15)9-5-8-13(17)16(14)10-12-6-3-2-4-7-12/h2-4,6-7H,5,8-10H2,1H3. The summed E-state index contributed by atoms with van der Waals surface area (Å²) in [5, 5.41) is 9.27. The van der Waals surface area contributed by atoms with Crippen molar-refractivity contribution in [2.75, 3.05) is 0 Å². The summed E-state index contributed by atoms with van der Waals surface area (Å²) in [6.45, 7) is 2.39. The zero-order chi connectivity index (χ0) is 12.3. The average Bonchev–Trinajstić information content (AvgIpc) is 2.35. The predicted octanol–water partition coefficient (Wildman–Crippen LogP) is 2.48. The molecule has 0 aliphatic carbocycles. The Hall–Kier alpha value is -1.82. The van der Waals surface area contributed by atoms with E-state index in [1.165, 1.54) is 0 Å². The topological polar surface area (TPSA) is 44.1 Å². The number of hydrogen-bond acceptors (Lipinski definition) is 2. The van der Waals surface area contributed by atoms with E-state index < -0.39 is 5.54 Å². The summed E-state index contributed by atoms with van der Waals surface area (Å²) in [7, 11) is 0. The molecule has 1 heterocycles. The van der Waals surface area contributed by atoms with Crippen molar-refractivity contribution in [3.8, 4) is 6.07 Å². The minimum Gasteiger partial charge on any atom is -0.320 e. The third-order valence-electron chi connectivity index (χ3n) is 3.38. The molecule has 0 aromatic heterocycles. The largest absolute Gasteiger partial charge is 0.320 e. The van der Waals surface area contributed by atoms with Crippen molar-refractivity contribution in [3.05, 3.63) is 35.9 Å². The number of piperidine rings is 1. The van der Waals surface area contributed by atoms with Gasteiger partial charge in [-0.15, -0.1) is 0 Å². The minimum absolute atomic E-state index is 0.0872. The van der Waals surface area contributed by atoms with Crippen LogP contribution in [0.15, 0.2) is 30.3 Å². The summed E-state index contributed by atoms with van der Waals surface area (Å²) in [4.78, 5) is 13.7. The van der Waals surface area contributed by atoms with Gasteiger partial charge in [0.05, 0.1) is 6.07 Å². The first-order valence-corrected chi connectivity index (χ1v) is 5.91. The molecule has 3 heteroatoms. The second kappa shape index (κ2) is 4.58. The van der Waals surface area contributed by atoms with Gasteiger partial charge in [0.2, 0.25) is 5.91 Å². The average molecular weight is 228 g/mol. The van der Waals surface area contributed by atoms with Crippen molar-refractivity contribution in [1.82, 2.24) is 4.90 Å². The maximum atomic E-state index is 11.9. The van der Waals surface area contributed by atoms with Gasteiger partial charge < -0.3 is 4.90 Å². The highest BCUT2D eigenvalue weighted by molar-refractivity contribution is 5.78. The number of rotatable bonds is 2. The molecule has 0 spiro atoms. The van der Waals surface area contributed by atoms with Crippen LogP contribution >= 0.6 is 0 Å². The van der Waals surface area contributed by atoms with E-state index in [4.69, 9.17) is 0 Å². The number of nitriles is 1. The van der Waals surface area contributed by atoms with Crippen molar-refractivity contribution in [1.29, 1.82) is 5.26 Å². The second-order valence-corrected chi connectivity index (χ2v) is 4.70. The van der Waals surface area contributed by atoms with Crippen LogP contribution < -0.4 is 0 Å². The highest BCUT2D eigenvalue weighted by atomic mass is 16.2. The fraction of sp³-hybridized carbons (Fsp3) is 0.429. The van der Waals surface area contributed by atoms with Gasteiger partial charge in [-0.25, -0.2) is 0 Å². The summed E-state index contributed by atoms with van der Waals surface area (Å²) in [6, 6.07) is 12.1. The minimum atomic E-state index is -0.648. The zero-order valence-corrected chi connectivity index (χ0v) is 10.0. The SMILES string of the molecule is CC1(C#N)CCCC(=O)N1Cc1ccccc1. The van der Waals surface area contributed by atoms with Crippen LogP contribution in [0.5, 0.6) is 0 Å². The monoisotopic (exact) mass is 228 g/mol. The Morgan fingerprint density at radius 2 is 2.12 bits per heavy atom. The van der Waals surface area contributed by atoms with Crippen molar-refractivity contribution >= 4 is 5.91 Å². The summed E-state index contributed by atoms with van der Waals surface area (Å²) >= 11 is 0. The first kappa shape index (κ1) is 11.7. The van der Waals surface area contributed by atoms with Gasteiger partial charge >= 0.3 is 0 Å². The predicted molar refractivity (Wildman–Crippen MR) is 64.9 cm³/mol. The molecule has 1 aromatic rings. The van der Waals surface area contributed by atoms with Gasteiger partial charge in [-0.3, -0.25) is 4.79 Å². The molecule has 1 atom stereocenters. The van der Waals surface area contributed by atoms with Crippen LogP contribution in [0.2, 0.25) is 0 Å². The molecule has 17 heavy (non-hydrogen) atoms. The van der Waals surface area contributed by atoms with E-state index in [9.17, 15) is 10.1 Å². The Labute approximate surface area is 102 Å². The molecule has 1 aromatic carbocycles. The molecular weight excluding hydrogens is 212 g/mol. The van der Waals surface area contributed by atoms with E-state index in [0.29, 0.717) is 13.0 Å². The van der Waals surface area contributed by atoms with E-state index in [0.717, 1.165) is 18.4 Å². The van der Waals surface area contributed by atoms with Crippen LogP contribution in [-0.4, -0.2) is 16.3 Å². The van der Waals surface area contributed by atoms with Gasteiger partial charge in [-0.2, -0.15) is 5.26 Å². The lowest BCUT2D eigenvalue weighted by Crippen LogP contribution is -2.51. The molecule has 1 aliphatic rings. The molecule has 2 rings (SSSR count). The summed E-state index contributed by atoms with van der Waals surface area (Å²) < 4.78 is 0. The molecule has 1 aliphatic heterocycles. The Morgan fingerprint density at radius 1 is 1.41 bits per heavy atom. The van der Waals surface area contributed by atoms with E-state index in [-0.39, 0.29) is 5.91 Å². The third kappa shape index (κ3) is 2.31. The Morgan fingerprint density at radius 3 is 2.76 bits per heavy atom. The molecule has 0 bridgehead atoms. The molecule has 88 valence electrons. The number of likely N-dealkylation sites (tertiary alicyclic amines) is 1. The van der Waals surface area contributed by atoms with Crippen molar-refractivity contribution < 1.29 is 4.79 Å². The van der Waals surface area contributed by atoms with Crippen LogP contribution in [0.25, 0.3) is 0 Å². The van der Waals surface area contributed by atoms with Crippen LogP contribution in [0.4, 0.5) is 0 Å². The first-order valence-electron chi connectivity index (χ1n) is 5.91. The lowest BCUT2D eigenvalue weighted by Gasteiger charge is -2.39. The van der Waals surface area contributed by atoms with Crippen LogP contribution in [-0.2, 0) is 11.3 Å². The molecule has 3 nitrogen and oxygen atoms in total. The lowest BCUT2D eigenvalue weighted by molar-refractivity contribution is -0.139. The number of nitrogens with zero attached hydrogens (tertiary/aromatic N) is 2. The number of benzene rings is 1. The summed E-state index contributed by atoms with van der Waals surface area (Å²) in [5.41, 5.74) is 0.426. The molecule has 0 saturated carbocycles. The second-order valence-electron chi connectivity index (χ2n) is 4.70. The molecule has 1 amide bonds. The summed E-state index contributed by atoms with van der Waals surface area (Å²) in [6.07, 6.45) is 2.14. The lowest BCUT2D eigenvalue weighted by atomic mass is 9.89. The third-order valence-corrected chi connectivity index (χ3v) is 3.38.